The average Bonchev–Trinajstić information content (AvgIpc) is 2.66. The van der Waals surface area contributed by atoms with Gasteiger partial charge in [-0.05, 0) is 67.1 Å². The van der Waals surface area contributed by atoms with E-state index < -0.39 is 23.6 Å². The Balaban J connectivity index is 1.49. The van der Waals surface area contributed by atoms with Crippen LogP contribution in [0.2, 0.25) is 0 Å². The normalized spacial score (nSPS) is 14.8. The lowest BCUT2D eigenvalue weighted by Gasteiger charge is -2.31. The summed E-state index contributed by atoms with van der Waals surface area (Å²) in [5, 5.41) is 11.6. The Kier molecular flexibility index (Phi) is 5.69. The molecule has 3 amide bonds. The Morgan fingerprint density at radius 1 is 1.04 bits per heavy atom. The first-order chi connectivity index (χ1) is 12.9. The first-order valence-corrected chi connectivity index (χ1v) is 8.75. The van der Waals surface area contributed by atoms with E-state index in [1.54, 1.807) is 11.0 Å². The number of hydrogen-bond donors (Lipinski definition) is 2. The van der Waals surface area contributed by atoms with Crippen LogP contribution in [0.1, 0.15) is 28.8 Å². The lowest BCUT2D eigenvalue weighted by Crippen LogP contribution is -2.46. The van der Waals surface area contributed by atoms with Crippen molar-refractivity contribution in [2.45, 2.75) is 19.3 Å². The van der Waals surface area contributed by atoms with Crippen molar-refractivity contribution in [3.63, 3.8) is 0 Å². The quantitative estimate of drug-likeness (QED) is 0.864. The molecule has 7 heteroatoms. The van der Waals surface area contributed by atoms with E-state index >= 15 is 0 Å². The molecule has 1 saturated heterocycles. The number of rotatable bonds is 3. The number of amides is 3. The van der Waals surface area contributed by atoms with Crippen molar-refractivity contribution in [1.82, 2.24) is 10.2 Å². The average molecular weight is 374 g/mol. The van der Waals surface area contributed by atoms with Crippen molar-refractivity contribution in [3.05, 3.63) is 65.2 Å². The molecule has 1 fully saturated rings. The third kappa shape index (κ3) is 4.81. The number of carbonyl (C=O) groups is 2. The maximum absolute atomic E-state index is 13.3. The number of phenols is 1. The highest BCUT2D eigenvalue weighted by Crippen LogP contribution is 2.22. The highest BCUT2D eigenvalue weighted by Gasteiger charge is 2.24. The van der Waals surface area contributed by atoms with Gasteiger partial charge in [-0.1, -0.05) is 6.07 Å². The van der Waals surface area contributed by atoms with E-state index in [4.69, 9.17) is 0 Å². The minimum absolute atomic E-state index is 0.0426. The van der Waals surface area contributed by atoms with Crippen molar-refractivity contribution in [2.24, 2.45) is 5.92 Å². The van der Waals surface area contributed by atoms with Gasteiger partial charge in [0.25, 0.3) is 5.91 Å². The van der Waals surface area contributed by atoms with E-state index in [1.165, 1.54) is 30.3 Å². The summed E-state index contributed by atoms with van der Waals surface area (Å²) < 4.78 is 26.3. The zero-order chi connectivity index (χ0) is 19.4. The van der Waals surface area contributed by atoms with Gasteiger partial charge in [-0.25, -0.2) is 13.6 Å². The smallest absolute Gasteiger partial charge is 0.324 e. The number of aromatic hydroxyl groups is 1. The number of hydrogen-bond acceptors (Lipinski definition) is 3. The second-order valence-electron chi connectivity index (χ2n) is 6.69. The maximum Gasteiger partial charge on any atom is 0.324 e. The zero-order valence-electron chi connectivity index (χ0n) is 14.6. The van der Waals surface area contributed by atoms with Crippen molar-refractivity contribution < 1.29 is 23.5 Å². The molecule has 2 aromatic carbocycles. The molecule has 0 atom stereocenters. The van der Waals surface area contributed by atoms with Crippen molar-refractivity contribution >= 4 is 11.9 Å². The molecule has 0 unspecified atom stereocenters. The number of piperidine rings is 1. The third-order valence-electron chi connectivity index (χ3n) is 4.76. The van der Waals surface area contributed by atoms with Crippen LogP contribution in [0, 0.1) is 17.6 Å². The number of nitrogens with zero attached hydrogens (tertiary/aromatic N) is 1. The number of nitrogens with one attached hydrogen (secondary N) is 1. The molecule has 0 bridgehead atoms. The van der Waals surface area contributed by atoms with E-state index in [0.717, 1.165) is 24.5 Å². The molecule has 0 aromatic heterocycles. The molecule has 27 heavy (non-hydrogen) atoms. The highest BCUT2D eigenvalue weighted by molar-refractivity contribution is 6.04. The fourth-order valence-corrected chi connectivity index (χ4v) is 3.20. The first-order valence-electron chi connectivity index (χ1n) is 8.75. The monoisotopic (exact) mass is 374 g/mol. The molecule has 1 aliphatic heterocycles. The molecule has 0 saturated carbocycles. The lowest BCUT2D eigenvalue weighted by atomic mass is 9.90. The summed E-state index contributed by atoms with van der Waals surface area (Å²) in [6, 6.07) is 9.09. The number of benzene rings is 2. The van der Waals surface area contributed by atoms with Crippen LogP contribution in [0.15, 0.2) is 42.5 Å². The lowest BCUT2D eigenvalue weighted by molar-refractivity contribution is 0.0945. The Hall–Kier alpha value is -2.96. The van der Waals surface area contributed by atoms with Crippen molar-refractivity contribution in [2.75, 3.05) is 13.1 Å². The second kappa shape index (κ2) is 8.16. The Morgan fingerprint density at radius 3 is 2.33 bits per heavy atom. The predicted molar refractivity (Wildman–Crippen MR) is 95.3 cm³/mol. The molecule has 0 spiro atoms. The van der Waals surface area contributed by atoms with E-state index in [9.17, 15) is 23.5 Å². The Morgan fingerprint density at radius 2 is 1.70 bits per heavy atom. The molecule has 2 aromatic rings. The molecule has 3 rings (SSSR count). The number of carbonyl (C=O) groups excluding carboxylic acids is 2. The van der Waals surface area contributed by atoms with Crippen molar-refractivity contribution in [3.8, 4) is 5.75 Å². The number of imide groups is 1. The van der Waals surface area contributed by atoms with Crippen LogP contribution in [0.25, 0.3) is 0 Å². The van der Waals surface area contributed by atoms with Gasteiger partial charge in [-0.15, -0.1) is 0 Å². The number of urea groups is 1. The summed E-state index contributed by atoms with van der Waals surface area (Å²) >= 11 is 0. The van der Waals surface area contributed by atoms with Gasteiger partial charge in [0.15, 0.2) is 11.6 Å². The van der Waals surface area contributed by atoms with E-state index in [-0.39, 0.29) is 17.2 Å². The standard InChI is InChI=1S/C20H20F2N2O3/c21-17-6-1-14(12-18(17)22)11-13-7-9-24(10-8-13)20(27)23-19(26)15-2-4-16(25)5-3-15/h1-6,12-13,25H,7-11H2,(H,23,26,27). The summed E-state index contributed by atoms with van der Waals surface area (Å²) in [4.78, 5) is 25.9. The van der Waals surface area contributed by atoms with Crippen LogP contribution >= 0.6 is 0 Å². The Bertz CT molecular complexity index is 832. The molecule has 0 radical (unpaired) electrons. The third-order valence-corrected chi connectivity index (χ3v) is 4.76. The summed E-state index contributed by atoms with van der Waals surface area (Å²) in [6.45, 7) is 0.978. The predicted octanol–water partition coefficient (Wildman–Crippen LogP) is 3.47. The minimum atomic E-state index is -0.858. The van der Waals surface area contributed by atoms with Crippen LogP contribution in [0.5, 0.6) is 5.75 Å². The molecule has 2 N–H and O–H groups in total. The van der Waals surface area contributed by atoms with Crippen molar-refractivity contribution in [1.29, 1.82) is 0 Å². The summed E-state index contributed by atoms with van der Waals surface area (Å²) in [5.41, 5.74) is 1.02. The fraction of sp³-hybridized carbons (Fsp3) is 0.300. The van der Waals surface area contributed by atoms with Gasteiger partial charge in [0.2, 0.25) is 0 Å². The molecular formula is C20H20F2N2O3. The maximum atomic E-state index is 13.3. The van der Waals surface area contributed by atoms with Gasteiger partial charge in [-0.3, -0.25) is 10.1 Å². The molecule has 142 valence electrons. The van der Waals surface area contributed by atoms with Crippen LogP contribution in [0.4, 0.5) is 13.6 Å². The molecular weight excluding hydrogens is 354 g/mol. The van der Waals surface area contributed by atoms with E-state index in [2.05, 4.69) is 5.32 Å². The van der Waals surface area contributed by atoms with E-state index in [0.29, 0.717) is 19.5 Å². The number of halogens is 2. The largest absolute Gasteiger partial charge is 0.508 e. The topological polar surface area (TPSA) is 69.6 Å². The SMILES string of the molecule is O=C(NC(=O)N1CCC(Cc2ccc(F)c(F)c2)CC1)c1ccc(O)cc1. The van der Waals surface area contributed by atoms with E-state index in [1.807, 2.05) is 0 Å². The molecule has 1 heterocycles. The summed E-state index contributed by atoms with van der Waals surface area (Å²) in [7, 11) is 0. The van der Waals surface area contributed by atoms with Gasteiger partial charge < -0.3 is 10.0 Å². The number of phenolic OH excluding ortho intramolecular Hbond substituents is 1. The Labute approximate surface area is 155 Å². The highest BCUT2D eigenvalue weighted by atomic mass is 19.2. The molecule has 0 aliphatic carbocycles. The van der Waals surface area contributed by atoms with Gasteiger partial charge in [0.1, 0.15) is 5.75 Å². The summed E-state index contributed by atoms with van der Waals surface area (Å²) in [5.74, 6) is -1.92. The van der Waals surface area contributed by atoms with Gasteiger partial charge in [-0.2, -0.15) is 0 Å². The van der Waals surface area contributed by atoms with Crippen LogP contribution in [-0.4, -0.2) is 35.0 Å². The first kappa shape index (κ1) is 18.8. The number of likely N-dealkylation sites (tertiary alicyclic amines) is 1. The fourth-order valence-electron chi connectivity index (χ4n) is 3.20. The zero-order valence-corrected chi connectivity index (χ0v) is 14.6. The minimum Gasteiger partial charge on any atom is -0.508 e. The molecule has 1 aliphatic rings. The molecule has 5 nitrogen and oxygen atoms in total. The van der Waals surface area contributed by atoms with Gasteiger partial charge >= 0.3 is 6.03 Å². The summed E-state index contributed by atoms with van der Waals surface area (Å²) in [6.07, 6.45) is 2.07. The van der Waals surface area contributed by atoms with Crippen LogP contribution in [0.3, 0.4) is 0 Å². The van der Waals surface area contributed by atoms with Gasteiger partial charge in [0.05, 0.1) is 0 Å². The van der Waals surface area contributed by atoms with Crippen LogP contribution < -0.4 is 5.32 Å². The van der Waals surface area contributed by atoms with Crippen LogP contribution in [-0.2, 0) is 6.42 Å². The van der Waals surface area contributed by atoms with Gasteiger partial charge in [0, 0.05) is 18.7 Å². The second-order valence-corrected chi connectivity index (χ2v) is 6.69.